The smallest absolute Gasteiger partial charge is 0.234 e. The van der Waals surface area contributed by atoms with E-state index in [-0.39, 0.29) is 5.91 Å². The van der Waals surface area contributed by atoms with Crippen molar-refractivity contribution in [3.8, 4) is 0 Å². The summed E-state index contributed by atoms with van der Waals surface area (Å²) < 4.78 is 0. The molecule has 1 aliphatic rings. The van der Waals surface area contributed by atoms with Crippen LogP contribution in [-0.4, -0.2) is 30.4 Å². The highest BCUT2D eigenvalue weighted by atomic mass is 35.5. The van der Waals surface area contributed by atoms with Crippen LogP contribution in [0.5, 0.6) is 0 Å². The van der Waals surface area contributed by atoms with Crippen LogP contribution in [0.1, 0.15) is 31.2 Å². The molecule has 1 aromatic carbocycles. The van der Waals surface area contributed by atoms with Gasteiger partial charge < -0.3 is 5.32 Å². The summed E-state index contributed by atoms with van der Waals surface area (Å²) in [6, 6.07) is 8.13. The molecule has 1 amide bonds. The van der Waals surface area contributed by atoms with Gasteiger partial charge in [-0.05, 0) is 37.6 Å². The molecule has 2 rings (SSSR count). The zero-order chi connectivity index (χ0) is 13.7. The molecule has 0 bridgehead atoms. The van der Waals surface area contributed by atoms with Gasteiger partial charge in [0.2, 0.25) is 5.91 Å². The lowest BCUT2D eigenvalue weighted by Crippen LogP contribution is -2.39. The number of carbonyl (C=O) groups is 1. The van der Waals surface area contributed by atoms with Gasteiger partial charge in [-0.3, -0.25) is 9.69 Å². The Morgan fingerprint density at radius 2 is 1.95 bits per heavy atom. The van der Waals surface area contributed by atoms with Crippen molar-refractivity contribution in [2.75, 3.05) is 13.6 Å². The van der Waals surface area contributed by atoms with Crippen LogP contribution in [0.2, 0.25) is 5.02 Å². The summed E-state index contributed by atoms with van der Waals surface area (Å²) in [5.74, 6) is 0.0874. The lowest BCUT2D eigenvalue weighted by atomic mass is 10.2. The van der Waals surface area contributed by atoms with Crippen molar-refractivity contribution in [1.29, 1.82) is 0 Å². The van der Waals surface area contributed by atoms with Crippen molar-refractivity contribution in [2.45, 2.75) is 38.3 Å². The maximum atomic E-state index is 11.9. The van der Waals surface area contributed by atoms with E-state index in [1.54, 1.807) is 0 Å². The molecule has 0 atom stereocenters. The van der Waals surface area contributed by atoms with E-state index in [4.69, 9.17) is 11.6 Å². The molecule has 0 heterocycles. The third kappa shape index (κ3) is 4.51. The van der Waals surface area contributed by atoms with E-state index in [2.05, 4.69) is 10.2 Å². The Morgan fingerprint density at radius 1 is 1.32 bits per heavy atom. The molecule has 1 saturated carbocycles. The molecule has 0 spiro atoms. The number of likely N-dealkylation sites (N-methyl/N-ethyl adjacent to an activating group) is 1. The number of benzene rings is 1. The number of nitrogens with one attached hydrogen (secondary N) is 1. The molecule has 0 aliphatic heterocycles. The average Bonchev–Trinajstić information content (AvgIpc) is 2.92. The minimum absolute atomic E-state index is 0.0874. The lowest BCUT2D eigenvalue weighted by Gasteiger charge is -2.23. The molecule has 4 heteroatoms. The predicted octanol–water partition coefficient (Wildman–Crippen LogP) is 2.83. The van der Waals surface area contributed by atoms with Gasteiger partial charge in [0, 0.05) is 17.6 Å². The molecule has 0 aromatic heterocycles. The zero-order valence-electron chi connectivity index (χ0n) is 11.4. The van der Waals surface area contributed by atoms with Gasteiger partial charge in [0.25, 0.3) is 0 Å². The van der Waals surface area contributed by atoms with Gasteiger partial charge in [-0.25, -0.2) is 0 Å². The maximum Gasteiger partial charge on any atom is 0.234 e. The van der Waals surface area contributed by atoms with E-state index >= 15 is 0 Å². The summed E-state index contributed by atoms with van der Waals surface area (Å²) in [5.41, 5.74) is 1.07. The first-order chi connectivity index (χ1) is 9.15. The van der Waals surface area contributed by atoms with Crippen molar-refractivity contribution in [2.24, 2.45) is 0 Å². The molecule has 1 N–H and O–H groups in total. The Bertz CT molecular complexity index is 413. The number of nitrogens with zero attached hydrogens (tertiary/aromatic N) is 1. The maximum absolute atomic E-state index is 11.9. The van der Waals surface area contributed by atoms with Gasteiger partial charge in [-0.15, -0.1) is 0 Å². The van der Waals surface area contributed by atoms with E-state index in [1.807, 2.05) is 31.3 Å². The average molecular weight is 281 g/mol. The molecule has 19 heavy (non-hydrogen) atoms. The van der Waals surface area contributed by atoms with Crippen molar-refractivity contribution < 1.29 is 4.79 Å². The molecule has 1 aromatic rings. The number of rotatable bonds is 5. The van der Waals surface area contributed by atoms with E-state index in [1.165, 1.54) is 25.7 Å². The quantitative estimate of drug-likeness (QED) is 0.899. The highest BCUT2D eigenvalue weighted by Gasteiger charge is 2.20. The van der Waals surface area contributed by atoms with Crippen LogP contribution >= 0.6 is 11.6 Å². The van der Waals surface area contributed by atoms with E-state index in [0.717, 1.165) is 10.6 Å². The number of carbonyl (C=O) groups excluding carboxylic acids is 1. The Labute approximate surface area is 119 Å². The molecule has 0 radical (unpaired) electrons. The van der Waals surface area contributed by atoms with Crippen LogP contribution in [0.4, 0.5) is 0 Å². The summed E-state index contributed by atoms with van der Waals surface area (Å²) in [6.07, 6.45) is 5.03. The van der Waals surface area contributed by atoms with Crippen molar-refractivity contribution in [1.82, 2.24) is 10.2 Å². The molecule has 0 unspecified atom stereocenters. The van der Waals surface area contributed by atoms with Crippen LogP contribution < -0.4 is 5.32 Å². The van der Waals surface area contributed by atoms with Gasteiger partial charge >= 0.3 is 0 Å². The highest BCUT2D eigenvalue weighted by Crippen LogP contribution is 2.21. The molecule has 1 fully saturated rings. The molecular formula is C15H21ClN2O. The van der Waals surface area contributed by atoms with Crippen LogP contribution in [0.15, 0.2) is 24.3 Å². The lowest BCUT2D eigenvalue weighted by molar-refractivity contribution is -0.122. The minimum Gasteiger partial charge on any atom is -0.351 e. The van der Waals surface area contributed by atoms with Crippen LogP contribution in [0.3, 0.4) is 0 Å². The van der Waals surface area contributed by atoms with E-state index < -0.39 is 0 Å². The third-order valence-electron chi connectivity index (χ3n) is 3.74. The summed E-state index contributed by atoms with van der Waals surface area (Å²) in [4.78, 5) is 14.0. The molecule has 3 nitrogen and oxygen atoms in total. The second-order valence-electron chi connectivity index (χ2n) is 5.26. The zero-order valence-corrected chi connectivity index (χ0v) is 12.1. The third-order valence-corrected chi connectivity index (χ3v) is 4.00. The second kappa shape index (κ2) is 6.92. The minimum atomic E-state index is 0.0874. The summed E-state index contributed by atoms with van der Waals surface area (Å²) >= 11 is 5.82. The molecule has 0 saturated heterocycles. The van der Waals surface area contributed by atoms with Crippen molar-refractivity contribution in [3.63, 3.8) is 0 Å². The standard InChI is InChI=1S/C15H21ClN2O/c1-18(14-4-2-3-5-14)11-15(19)17-10-12-6-8-13(16)9-7-12/h6-9,14H,2-5,10-11H2,1H3,(H,17,19). The first-order valence-corrected chi connectivity index (χ1v) is 7.24. The SMILES string of the molecule is CN(CC(=O)NCc1ccc(Cl)cc1)C1CCCC1. The van der Waals surface area contributed by atoms with Crippen LogP contribution in [0.25, 0.3) is 0 Å². The number of halogens is 1. The number of hydrogen-bond acceptors (Lipinski definition) is 2. The first-order valence-electron chi connectivity index (χ1n) is 6.86. The number of amides is 1. The Hall–Kier alpha value is -1.06. The van der Waals surface area contributed by atoms with Gasteiger partial charge in [-0.2, -0.15) is 0 Å². The Balaban J connectivity index is 1.73. The molecule has 104 valence electrons. The van der Waals surface area contributed by atoms with E-state index in [9.17, 15) is 4.79 Å². The Kier molecular flexibility index (Phi) is 5.23. The van der Waals surface area contributed by atoms with Gasteiger partial charge in [0.1, 0.15) is 0 Å². The van der Waals surface area contributed by atoms with Crippen molar-refractivity contribution >= 4 is 17.5 Å². The summed E-state index contributed by atoms with van der Waals surface area (Å²) in [6.45, 7) is 1.05. The fraction of sp³-hybridized carbons (Fsp3) is 0.533. The normalized spacial score (nSPS) is 15.9. The van der Waals surface area contributed by atoms with Crippen molar-refractivity contribution in [3.05, 3.63) is 34.9 Å². The second-order valence-corrected chi connectivity index (χ2v) is 5.69. The highest BCUT2D eigenvalue weighted by molar-refractivity contribution is 6.30. The van der Waals surface area contributed by atoms with Crippen LogP contribution in [-0.2, 0) is 11.3 Å². The first kappa shape index (κ1) is 14.4. The van der Waals surface area contributed by atoms with Crippen LogP contribution in [0, 0.1) is 0 Å². The summed E-state index contributed by atoms with van der Waals surface area (Å²) in [7, 11) is 2.04. The van der Waals surface area contributed by atoms with Gasteiger partial charge in [0.15, 0.2) is 0 Å². The monoisotopic (exact) mass is 280 g/mol. The fourth-order valence-electron chi connectivity index (χ4n) is 2.56. The predicted molar refractivity (Wildman–Crippen MR) is 78.2 cm³/mol. The Morgan fingerprint density at radius 3 is 2.58 bits per heavy atom. The molecule has 1 aliphatic carbocycles. The fourth-order valence-corrected chi connectivity index (χ4v) is 2.69. The number of hydrogen-bond donors (Lipinski definition) is 1. The van der Waals surface area contributed by atoms with Gasteiger partial charge in [-0.1, -0.05) is 36.6 Å². The molecular weight excluding hydrogens is 260 g/mol. The summed E-state index contributed by atoms with van der Waals surface area (Å²) in [5, 5.41) is 3.67. The largest absolute Gasteiger partial charge is 0.351 e. The van der Waals surface area contributed by atoms with Gasteiger partial charge in [0.05, 0.1) is 6.54 Å². The van der Waals surface area contributed by atoms with E-state index in [0.29, 0.717) is 19.1 Å². The topological polar surface area (TPSA) is 32.3 Å².